The first kappa shape index (κ1) is 20.4. The molecule has 0 spiro atoms. The molecule has 1 aromatic heterocycles. The summed E-state index contributed by atoms with van der Waals surface area (Å²) in [5.41, 5.74) is -0.769. The van der Waals surface area contributed by atoms with Gasteiger partial charge in [0.25, 0.3) is 0 Å². The Morgan fingerprint density at radius 1 is 1.40 bits per heavy atom. The lowest BCUT2D eigenvalue weighted by molar-refractivity contribution is -0.139. The predicted octanol–water partition coefficient (Wildman–Crippen LogP) is 0.462. The molecule has 1 atom stereocenters. The van der Waals surface area contributed by atoms with Gasteiger partial charge in [-0.25, -0.2) is 14.6 Å². The van der Waals surface area contributed by atoms with Crippen LogP contribution in [0, 0.1) is 0 Å². The van der Waals surface area contributed by atoms with E-state index < -0.39 is 29.6 Å². The number of nitrogens with zero attached hydrogens (tertiary/aromatic N) is 1. The quantitative estimate of drug-likeness (QED) is 0.481. The third-order valence-electron chi connectivity index (χ3n) is 2.53. The van der Waals surface area contributed by atoms with Crippen LogP contribution in [0.25, 0.3) is 0 Å². The number of anilines is 1. The smallest absolute Gasteiger partial charge is 0.408 e. The largest absolute Gasteiger partial charge is 0.480 e. The van der Waals surface area contributed by atoms with E-state index in [4.69, 9.17) is 9.84 Å². The minimum atomic E-state index is -1.33. The van der Waals surface area contributed by atoms with E-state index in [1.165, 1.54) is 6.20 Å². The second-order valence-corrected chi connectivity index (χ2v) is 6.94. The Morgan fingerprint density at radius 3 is 2.60 bits per heavy atom. The van der Waals surface area contributed by atoms with Gasteiger partial charge in [-0.2, -0.15) is 0 Å². The van der Waals surface area contributed by atoms with Crippen LogP contribution >= 0.6 is 11.3 Å². The van der Waals surface area contributed by atoms with E-state index in [1.54, 1.807) is 20.8 Å². The molecule has 0 aromatic carbocycles. The molecule has 4 N–H and O–H groups in total. The van der Waals surface area contributed by atoms with Crippen molar-refractivity contribution in [3.05, 3.63) is 11.1 Å². The number of amides is 2. The average molecular weight is 372 g/mol. The minimum Gasteiger partial charge on any atom is -0.480 e. The van der Waals surface area contributed by atoms with Gasteiger partial charge in [-0.1, -0.05) is 11.3 Å². The van der Waals surface area contributed by atoms with Gasteiger partial charge in [-0.15, -0.1) is 0 Å². The second-order valence-electron chi connectivity index (χ2n) is 5.88. The number of aldehydes is 1. The Hall–Kier alpha value is -2.69. The summed E-state index contributed by atoms with van der Waals surface area (Å²) in [6, 6.07) is -1.33. The average Bonchev–Trinajstić information content (AvgIpc) is 2.95. The highest BCUT2D eigenvalue weighted by Gasteiger charge is 2.24. The molecule has 1 rings (SSSR count). The van der Waals surface area contributed by atoms with Crippen LogP contribution in [0.15, 0.2) is 6.20 Å². The van der Waals surface area contributed by atoms with Gasteiger partial charge in [0.05, 0.1) is 17.6 Å². The number of hydrogen-bond acceptors (Lipinski definition) is 8. The Bertz CT molecular complexity index is 640. The van der Waals surface area contributed by atoms with Gasteiger partial charge in [0.15, 0.2) is 11.4 Å². The fraction of sp³-hybridized carbons (Fsp3) is 0.500. The highest BCUT2D eigenvalue weighted by atomic mass is 32.1. The third kappa shape index (κ3) is 8.11. The molecule has 11 heteroatoms. The van der Waals surface area contributed by atoms with Gasteiger partial charge >= 0.3 is 12.1 Å². The Morgan fingerprint density at radius 2 is 2.08 bits per heavy atom. The van der Waals surface area contributed by atoms with Crippen molar-refractivity contribution in [1.82, 2.24) is 15.6 Å². The number of carboxylic acids is 1. The zero-order chi connectivity index (χ0) is 19.0. The first-order chi connectivity index (χ1) is 11.6. The van der Waals surface area contributed by atoms with E-state index in [2.05, 4.69) is 20.9 Å². The van der Waals surface area contributed by atoms with Crippen LogP contribution in [0.3, 0.4) is 0 Å². The molecule has 1 heterocycles. The van der Waals surface area contributed by atoms with Crippen molar-refractivity contribution >= 4 is 40.7 Å². The number of ether oxygens (including phenoxy) is 1. The van der Waals surface area contributed by atoms with Gasteiger partial charge in [-0.05, 0) is 20.8 Å². The first-order valence-corrected chi connectivity index (χ1v) is 8.06. The van der Waals surface area contributed by atoms with E-state index in [-0.39, 0.29) is 13.1 Å². The molecule has 1 aromatic rings. The summed E-state index contributed by atoms with van der Waals surface area (Å²) in [5, 5.41) is 16.7. The molecule has 10 nitrogen and oxygen atoms in total. The van der Waals surface area contributed by atoms with Crippen molar-refractivity contribution in [2.75, 3.05) is 18.4 Å². The zero-order valence-corrected chi connectivity index (χ0v) is 14.8. The van der Waals surface area contributed by atoms with Crippen LogP contribution in [-0.2, 0) is 14.3 Å². The van der Waals surface area contributed by atoms with Crippen LogP contribution in [0.4, 0.5) is 9.93 Å². The van der Waals surface area contributed by atoms with Crippen molar-refractivity contribution in [3.63, 3.8) is 0 Å². The van der Waals surface area contributed by atoms with E-state index in [1.807, 2.05) is 0 Å². The number of aliphatic carboxylic acids is 1. The number of rotatable bonds is 8. The van der Waals surface area contributed by atoms with E-state index >= 15 is 0 Å². The van der Waals surface area contributed by atoms with Crippen LogP contribution < -0.4 is 16.0 Å². The van der Waals surface area contributed by atoms with Gasteiger partial charge in [0.1, 0.15) is 11.6 Å². The van der Waals surface area contributed by atoms with E-state index in [0.29, 0.717) is 16.3 Å². The summed E-state index contributed by atoms with van der Waals surface area (Å²) in [4.78, 5) is 49.3. The lowest BCUT2D eigenvalue weighted by atomic mass is 10.2. The minimum absolute atomic E-state index is 0.162. The number of thiazole rings is 1. The second kappa shape index (κ2) is 8.97. The summed E-state index contributed by atoms with van der Waals surface area (Å²) in [6.07, 6.45) is 1.11. The molecular weight excluding hydrogens is 352 g/mol. The van der Waals surface area contributed by atoms with E-state index in [9.17, 15) is 19.2 Å². The summed E-state index contributed by atoms with van der Waals surface area (Å²) < 4.78 is 4.97. The number of aromatic nitrogens is 1. The van der Waals surface area contributed by atoms with Crippen LogP contribution in [0.1, 0.15) is 30.4 Å². The first-order valence-electron chi connectivity index (χ1n) is 7.24. The molecule has 0 aliphatic rings. The molecule has 0 aliphatic carbocycles. The van der Waals surface area contributed by atoms with Crippen molar-refractivity contribution in [3.8, 4) is 0 Å². The van der Waals surface area contributed by atoms with Gasteiger partial charge in [0, 0.05) is 6.54 Å². The normalized spacial score (nSPS) is 12.0. The molecule has 25 heavy (non-hydrogen) atoms. The summed E-state index contributed by atoms with van der Waals surface area (Å²) in [6.45, 7) is 4.45. The highest BCUT2D eigenvalue weighted by molar-refractivity contribution is 7.17. The standard InChI is InChI=1S/C14H20N4O6S/c1-14(2,3)24-13(23)18-9(11(21)22)5-15-10(20)6-17-12-16-4-8(7-19)25-12/h4,7,9H,5-6H2,1-3H3,(H,15,20)(H,16,17)(H,18,23)(H,21,22). The van der Waals surface area contributed by atoms with Gasteiger partial charge in [0.2, 0.25) is 5.91 Å². The Balaban J connectivity index is 2.42. The van der Waals surface area contributed by atoms with Crippen molar-refractivity contribution < 1.29 is 29.0 Å². The maximum absolute atomic E-state index is 11.7. The molecule has 0 radical (unpaired) electrons. The molecule has 138 valence electrons. The fourth-order valence-corrected chi connectivity index (χ4v) is 2.13. The topological polar surface area (TPSA) is 147 Å². The molecule has 0 saturated carbocycles. The SMILES string of the molecule is CC(C)(C)OC(=O)NC(CNC(=O)CNc1ncc(C=O)s1)C(=O)O. The molecule has 0 saturated heterocycles. The number of carbonyl (C=O) groups is 4. The van der Waals surface area contributed by atoms with Crippen molar-refractivity contribution in [2.24, 2.45) is 0 Å². The molecular formula is C14H20N4O6S. The molecule has 2 amide bonds. The monoisotopic (exact) mass is 372 g/mol. The Labute approximate surface area is 148 Å². The third-order valence-corrected chi connectivity index (χ3v) is 3.41. The summed E-state index contributed by atoms with van der Waals surface area (Å²) in [5.74, 6) is -1.81. The number of carboxylic acid groups (broad SMARTS) is 1. The molecule has 0 fully saturated rings. The maximum atomic E-state index is 11.7. The molecule has 0 aliphatic heterocycles. The van der Waals surface area contributed by atoms with Crippen molar-refractivity contribution in [2.45, 2.75) is 32.4 Å². The lowest BCUT2D eigenvalue weighted by Crippen LogP contribution is -2.50. The van der Waals surface area contributed by atoms with Crippen LogP contribution in [0.2, 0.25) is 0 Å². The number of carbonyl (C=O) groups excluding carboxylic acids is 3. The van der Waals surface area contributed by atoms with Gasteiger partial charge in [-0.3, -0.25) is 9.59 Å². The van der Waals surface area contributed by atoms with Crippen molar-refractivity contribution in [1.29, 1.82) is 0 Å². The fourth-order valence-electron chi connectivity index (χ4n) is 1.51. The maximum Gasteiger partial charge on any atom is 0.408 e. The number of hydrogen-bond donors (Lipinski definition) is 4. The lowest BCUT2D eigenvalue weighted by Gasteiger charge is -2.22. The zero-order valence-electron chi connectivity index (χ0n) is 14.0. The Kier molecular flexibility index (Phi) is 7.30. The van der Waals surface area contributed by atoms with Gasteiger partial charge < -0.3 is 25.8 Å². The van der Waals surface area contributed by atoms with Crippen LogP contribution in [-0.4, -0.2) is 59.1 Å². The van der Waals surface area contributed by atoms with E-state index in [0.717, 1.165) is 11.3 Å². The molecule has 0 bridgehead atoms. The summed E-state index contributed by atoms with van der Waals surface area (Å²) >= 11 is 1.08. The summed E-state index contributed by atoms with van der Waals surface area (Å²) in [7, 11) is 0. The molecule has 1 unspecified atom stereocenters. The predicted molar refractivity (Wildman–Crippen MR) is 89.8 cm³/mol. The number of nitrogens with one attached hydrogen (secondary N) is 3. The van der Waals surface area contributed by atoms with Crippen LogP contribution in [0.5, 0.6) is 0 Å². The highest BCUT2D eigenvalue weighted by Crippen LogP contribution is 2.15. The number of alkyl carbamates (subject to hydrolysis) is 1.